The summed E-state index contributed by atoms with van der Waals surface area (Å²) in [5.74, 6) is 0.400. The fourth-order valence-corrected chi connectivity index (χ4v) is 2.49. The molecule has 1 heterocycles. The first-order valence-electron chi connectivity index (χ1n) is 4.97. The van der Waals surface area contributed by atoms with Crippen LogP contribution in [0.3, 0.4) is 0 Å². The Morgan fingerprint density at radius 3 is 2.93 bits per heavy atom. The second-order valence-corrected chi connectivity index (χ2v) is 3.99. The van der Waals surface area contributed by atoms with Crippen LogP contribution >= 0.6 is 0 Å². The molecular weight excluding hydrogens is 190 g/mol. The normalized spacial score (nSPS) is 27.7. The molecule has 0 fully saturated rings. The number of nitrogens with zero attached hydrogens (tertiary/aromatic N) is 1. The number of amides is 2. The number of nitrogens with one attached hydrogen (secondary N) is 1. The van der Waals surface area contributed by atoms with Gasteiger partial charge in [-0.1, -0.05) is 24.3 Å². The minimum absolute atomic E-state index is 0.329. The summed E-state index contributed by atoms with van der Waals surface area (Å²) in [6, 6.07) is 7.72. The molecule has 1 unspecified atom stereocenters. The van der Waals surface area contributed by atoms with E-state index >= 15 is 0 Å². The summed E-state index contributed by atoms with van der Waals surface area (Å²) < 4.78 is 0. The summed E-state index contributed by atoms with van der Waals surface area (Å²) in [4.78, 5) is 15.0. The van der Waals surface area contributed by atoms with E-state index in [1.165, 1.54) is 5.56 Å². The molecule has 0 saturated carbocycles. The zero-order valence-corrected chi connectivity index (χ0v) is 8.16. The molecule has 76 valence electrons. The lowest BCUT2D eigenvalue weighted by Gasteiger charge is -2.24. The number of amidine groups is 1. The van der Waals surface area contributed by atoms with Crippen molar-refractivity contribution in [2.75, 3.05) is 0 Å². The van der Waals surface area contributed by atoms with E-state index in [2.05, 4.69) is 16.4 Å². The fraction of sp³-hybridized carbons (Fsp3) is 0.273. The molecule has 1 aliphatic heterocycles. The minimum Gasteiger partial charge on any atom is -0.385 e. The molecule has 4 heteroatoms. The average Bonchev–Trinajstić information content (AvgIpc) is 2.72. The monoisotopic (exact) mass is 201 g/mol. The van der Waals surface area contributed by atoms with E-state index in [1.807, 2.05) is 18.2 Å². The topological polar surface area (TPSA) is 67.5 Å². The van der Waals surface area contributed by atoms with Crippen molar-refractivity contribution in [2.45, 2.75) is 18.4 Å². The summed E-state index contributed by atoms with van der Waals surface area (Å²) in [6.07, 6.45) is 1.75. The van der Waals surface area contributed by atoms with Crippen molar-refractivity contribution in [3.63, 3.8) is 0 Å². The number of nitrogens with two attached hydrogens (primary N) is 1. The summed E-state index contributed by atoms with van der Waals surface area (Å²) >= 11 is 0. The molecule has 1 aliphatic carbocycles. The van der Waals surface area contributed by atoms with Gasteiger partial charge in [-0.15, -0.1) is 0 Å². The Morgan fingerprint density at radius 2 is 2.20 bits per heavy atom. The number of aliphatic imine (C=N–C) groups is 1. The Labute approximate surface area is 87.2 Å². The quantitative estimate of drug-likeness (QED) is 0.655. The van der Waals surface area contributed by atoms with Gasteiger partial charge in [0.1, 0.15) is 11.4 Å². The van der Waals surface area contributed by atoms with E-state index in [0.717, 1.165) is 18.4 Å². The van der Waals surface area contributed by atoms with E-state index in [9.17, 15) is 4.79 Å². The Balaban J connectivity index is 2.18. The maximum atomic E-state index is 11.2. The second-order valence-electron chi connectivity index (χ2n) is 3.99. The maximum Gasteiger partial charge on any atom is 0.343 e. The summed E-state index contributed by atoms with van der Waals surface area (Å²) in [5.41, 5.74) is 7.67. The number of carbonyl (C=O) groups excluding carboxylic acids is 1. The second kappa shape index (κ2) is 2.59. The molecule has 0 bridgehead atoms. The molecule has 3 N–H and O–H groups in total. The number of aryl methyl sites for hydroxylation is 1. The molecule has 1 aromatic rings. The van der Waals surface area contributed by atoms with Crippen molar-refractivity contribution in [3.05, 3.63) is 35.4 Å². The zero-order valence-electron chi connectivity index (χ0n) is 8.16. The predicted molar refractivity (Wildman–Crippen MR) is 56.6 cm³/mol. The third kappa shape index (κ3) is 0.960. The van der Waals surface area contributed by atoms with Crippen molar-refractivity contribution in [1.82, 2.24) is 5.32 Å². The third-order valence-electron chi connectivity index (χ3n) is 3.23. The third-order valence-corrected chi connectivity index (χ3v) is 3.23. The van der Waals surface area contributed by atoms with Gasteiger partial charge in [0.25, 0.3) is 0 Å². The standard InChI is InChI=1S/C11H11N3O/c12-9-11(14-10(15)13-9)6-5-7-3-1-2-4-8(7)11/h1-4H,5-6H2,(H3,12,13,14,15). The molecule has 0 saturated heterocycles. The zero-order chi connectivity index (χ0) is 10.5. The molecule has 1 aromatic carbocycles. The van der Waals surface area contributed by atoms with E-state index in [0.29, 0.717) is 5.84 Å². The van der Waals surface area contributed by atoms with Crippen LogP contribution < -0.4 is 11.1 Å². The van der Waals surface area contributed by atoms with Crippen LogP contribution in [0, 0.1) is 0 Å². The number of hydrogen-bond acceptors (Lipinski definition) is 2. The Hall–Kier alpha value is -1.84. The maximum absolute atomic E-state index is 11.2. The van der Waals surface area contributed by atoms with Gasteiger partial charge < -0.3 is 11.1 Å². The number of urea groups is 1. The predicted octanol–water partition coefficient (Wildman–Crippen LogP) is 0.908. The Bertz CT molecular complexity index is 480. The van der Waals surface area contributed by atoms with Gasteiger partial charge in [0.2, 0.25) is 0 Å². The smallest absolute Gasteiger partial charge is 0.343 e. The highest BCUT2D eigenvalue weighted by Crippen LogP contribution is 2.38. The van der Waals surface area contributed by atoms with Gasteiger partial charge in [0, 0.05) is 0 Å². The van der Waals surface area contributed by atoms with Crippen LogP contribution in [0.4, 0.5) is 4.79 Å². The van der Waals surface area contributed by atoms with Gasteiger partial charge in [-0.25, -0.2) is 4.79 Å². The SMILES string of the molecule is NC1=NC(=O)NC12CCc1ccccc12. The van der Waals surface area contributed by atoms with Crippen LogP contribution in [0.1, 0.15) is 17.5 Å². The number of rotatable bonds is 0. The molecular formula is C11H11N3O. The van der Waals surface area contributed by atoms with Crippen molar-refractivity contribution >= 4 is 11.9 Å². The highest BCUT2D eigenvalue weighted by molar-refractivity contribution is 6.06. The number of hydrogen-bond donors (Lipinski definition) is 2. The molecule has 2 amide bonds. The minimum atomic E-state index is -0.520. The van der Waals surface area contributed by atoms with E-state index < -0.39 is 5.54 Å². The molecule has 1 atom stereocenters. The highest BCUT2D eigenvalue weighted by atomic mass is 16.2. The van der Waals surface area contributed by atoms with Crippen LogP contribution in [0.2, 0.25) is 0 Å². The number of fused-ring (bicyclic) bond motifs is 2. The van der Waals surface area contributed by atoms with Crippen LogP contribution in [-0.4, -0.2) is 11.9 Å². The summed E-state index contributed by atoms with van der Waals surface area (Å²) in [7, 11) is 0. The largest absolute Gasteiger partial charge is 0.385 e. The lowest BCUT2D eigenvalue weighted by atomic mass is 9.91. The Morgan fingerprint density at radius 1 is 1.40 bits per heavy atom. The van der Waals surface area contributed by atoms with Gasteiger partial charge in [-0.3, -0.25) is 0 Å². The Kier molecular flexibility index (Phi) is 1.46. The first kappa shape index (κ1) is 8.47. The van der Waals surface area contributed by atoms with Gasteiger partial charge in [0.15, 0.2) is 0 Å². The summed E-state index contributed by atoms with van der Waals surface area (Å²) in [6.45, 7) is 0. The molecule has 2 aliphatic rings. The van der Waals surface area contributed by atoms with Gasteiger partial charge in [-0.05, 0) is 24.0 Å². The van der Waals surface area contributed by atoms with Crippen molar-refractivity contribution in [2.24, 2.45) is 10.7 Å². The van der Waals surface area contributed by atoms with Crippen molar-refractivity contribution in [3.8, 4) is 0 Å². The molecule has 0 aromatic heterocycles. The van der Waals surface area contributed by atoms with Crippen molar-refractivity contribution in [1.29, 1.82) is 0 Å². The van der Waals surface area contributed by atoms with E-state index in [1.54, 1.807) is 0 Å². The summed E-state index contributed by atoms with van der Waals surface area (Å²) in [5, 5.41) is 2.87. The lowest BCUT2D eigenvalue weighted by molar-refractivity contribution is 0.246. The van der Waals surface area contributed by atoms with Gasteiger partial charge in [-0.2, -0.15) is 4.99 Å². The molecule has 1 spiro atoms. The molecule has 0 radical (unpaired) electrons. The van der Waals surface area contributed by atoms with Crippen molar-refractivity contribution < 1.29 is 4.79 Å². The van der Waals surface area contributed by atoms with Crippen LogP contribution in [0.15, 0.2) is 29.3 Å². The van der Waals surface area contributed by atoms with Gasteiger partial charge in [0.05, 0.1) is 0 Å². The lowest BCUT2D eigenvalue weighted by Crippen LogP contribution is -2.47. The van der Waals surface area contributed by atoms with E-state index in [4.69, 9.17) is 5.73 Å². The number of benzene rings is 1. The van der Waals surface area contributed by atoms with Crippen LogP contribution in [0.25, 0.3) is 0 Å². The van der Waals surface area contributed by atoms with Crippen LogP contribution in [0.5, 0.6) is 0 Å². The highest BCUT2D eigenvalue weighted by Gasteiger charge is 2.46. The van der Waals surface area contributed by atoms with E-state index in [-0.39, 0.29) is 6.03 Å². The molecule has 3 rings (SSSR count). The van der Waals surface area contributed by atoms with Crippen LogP contribution in [-0.2, 0) is 12.0 Å². The fourth-order valence-electron chi connectivity index (χ4n) is 2.49. The first-order valence-corrected chi connectivity index (χ1v) is 4.97. The number of carbonyl (C=O) groups is 1. The molecule has 4 nitrogen and oxygen atoms in total. The first-order chi connectivity index (χ1) is 7.22. The molecule has 15 heavy (non-hydrogen) atoms. The average molecular weight is 201 g/mol. The van der Waals surface area contributed by atoms with Gasteiger partial charge >= 0.3 is 6.03 Å².